The Morgan fingerprint density at radius 3 is 2.16 bits per heavy atom. The molecule has 0 aromatic heterocycles. The van der Waals surface area contributed by atoms with Crippen LogP contribution in [0.2, 0.25) is 0 Å². The molecule has 2 aliphatic carbocycles. The molecule has 5 heteroatoms. The molecule has 0 spiro atoms. The van der Waals surface area contributed by atoms with Gasteiger partial charge in [-0.3, -0.25) is 0 Å². The second kappa shape index (κ2) is 5.52. The lowest BCUT2D eigenvalue weighted by Gasteiger charge is -2.69. The van der Waals surface area contributed by atoms with E-state index in [0.29, 0.717) is 12.8 Å². The third-order valence-corrected chi connectivity index (χ3v) is 7.72. The van der Waals surface area contributed by atoms with Crippen LogP contribution in [0.3, 0.4) is 0 Å². The molecular formula is C20H34O5. The molecule has 144 valence electrons. The SMILES string of the molecule is C=C[C@@]1(C)C[C@@H](O)[C@H]2[C@](C)(O1)[C@@H](O)[C@@H](O)[C@H]1C(C)(C)CC[C@@H](O)[C@@]12C. The largest absolute Gasteiger partial charge is 0.393 e. The first-order chi connectivity index (χ1) is 11.3. The molecule has 5 nitrogen and oxygen atoms in total. The third kappa shape index (κ3) is 2.39. The second-order valence-electron chi connectivity index (χ2n) is 9.87. The minimum atomic E-state index is -1.17. The summed E-state index contributed by atoms with van der Waals surface area (Å²) in [7, 11) is 0. The van der Waals surface area contributed by atoms with E-state index in [1.54, 1.807) is 13.0 Å². The van der Waals surface area contributed by atoms with E-state index in [-0.39, 0.29) is 11.3 Å². The Kier molecular flexibility index (Phi) is 4.26. The van der Waals surface area contributed by atoms with E-state index in [1.165, 1.54) is 0 Å². The van der Waals surface area contributed by atoms with E-state index in [9.17, 15) is 20.4 Å². The van der Waals surface area contributed by atoms with Crippen molar-refractivity contribution in [3.63, 3.8) is 0 Å². The molecule has 3 rings (SSSR count). The topological polar surface area (TPSA) is 90.2 Å². The maximum atomic E-state index is 11.1. The lowest BCUT2D eigenvalue weighted by atomic mass is 9.41. The fourth-order valence-corrected chi connectivity index (χ4v) is 6.70. The van der Waals surface area contributed by atoms with Gasteiger partial charge in [0.05, 0.1) is 23.9 Å². The van der Waals surface area contributed by atoms with Crippen molar-refractivity contribution >= 4 is 0 Å². The van der Waals surface area contributed by atoms with Crippen molar-refractivity contribution in [2.45, 2.75) is 89.5 Å². The maximum absolute atomic E-state index is 11.1. The van der Waals surface area contributed by atoms with Gasteiger partial charge in [-0.05, 0) is 32.1 Å². The van der Waals surface area contributed by atoms with Gasteiger partial charge in [0.15, 0.2) is 0 Å². The van der Waals surface area contributed by atoms with E-state index < -0.39 is 47.0 Å². The molecule has 1 aliphatic heterocycles. The number of aliphatic hydroxyl groups excluding tert-OH is 4. The molecule has 9 atom stereocenters. The van der Waals surface area contributed by atoms with Crippen molar-refractivity contribution in [1.82, 2.24) is 0 Å². The van der Waals surface area contributed by atoms with E-state index in [2.05, 4.69) is 20.4 Å². The Morgan fingerprint density at radius 2 is 1.60 bits per heavy atom. The molecule has 0 aromatic carbocycles. The average molecular weight is 354 g/mol. The van der Waals surface area contributed by atoms with Gasteiger partial charge in [0.2, 0.25) is 0 Å². The van der Waals surface area contributed by atoms with Crippen LogP contribution in [0.4, 0.5) is 0 Å². The molecule has 0 bridgehead atoms. The summed E-state index contributed by atoms with van der Waals surface area (Å²) < 4.78 is 6.30. The summed E-state index contributed by atoms with van der Waals surface area (Å²) >= 11 is 0. The van der Waals surface area contributed by atoms with Crippen LogP contribution in [0.5, 0.6) is 0 Å². The van der Waals surface area contributed by atoms with Crippen molar-refractivity contribution in [1.29, 1.82) is 0 Å². The molecule has 1 saturated heterocycles. The van der Waals surface area contributed by atoms with Gasteiger partial charge < -0.3 is 25.2 Å². The van der Waals surface area contributed by atoms with Gasteiger partial charge in [0.1, 0.15) is 11.7 Å². The molecule has 0 aromatic rings. The number of rotatable bonds is 1. The first-order valence-corrected chi connectivity index (χ1v) is 9.39. The van der Waals surface area contributed by atoms with E-state index in [0.717, 1.165) is 6.42 Å². The fraction of sp³-hybridized carbons (Fsp3) is 0.900. The van der Waals surface area contributed by atoms with Gasteiger partial charge in [-0.25, -0.2) is 0 Å². The standard InChI is InChI=1S/C20H34O5/c1-7-18(4)10-11(21)14-19(5)12(22)8-9-17(2,3)15(19)13(23)16(24)20(14,6)25-18/h7,11-16,21-24H,1,8-10H2,2-6H3/t11-,12-,13+,14-,15+,16+,18+,19-,20+/m1/s1. The van der Waals surface area contributed by atoms with E-state index >= 15 is 0 Å². The molecule has 4 N–H and O–H groups in total. The highest BCUT2D eigenvalue weighted by Gasteiger charge is 2.72. The van der Waals surface area contributed by atoms with Gasteiger partial charge in [0.25, 0.3) is 0 Å². The molecular weight excluding hydrogens is 320 g/mol. The molecule has 1 heterocycles. The van der Waals surface area contributed by atoms with Crippen LogP contribution in [0.15, 0.2) is 12.7 Å². The van der Waals surface area contributed by atoms with Crippen molar-refractivity contribution in [3.8, 4) is 0 Å². The number of hydrogen-bond donors (Lipinski definition) is 4. The summed E-state index contributed by atoms with van der Waals surface area (Å²) in [5.41, 5.74) is -2.96. The Bertz CT molecular complexity index is 562. The summed E-state index contributed by atoms with van der Waals surface area (Å²) in [4.78, 5) is 0. The smallest absolute Gasteiger partial charge is 0.109 e. The van der Waals surface area contributed by atoms with Crippen LogP contribution in [0, 0.1) is 22.7 Å². The minimum Gasteiger partial charge on any atom is -0.393 e. The zero-order chi connectivity index (χ0) is 19.0. The molecule has 25 heavy (non-hydrogen) atoms. The molecule has 0 radical (unpaired) electrons. The Balaban J connectivity index is 2.18. The van der Waals surface area contributed by atoms with Gasteiger partial charge in [0, 0.05) is 23.7 Å². The summed E-state index contributed by atoms with van der Waals surface area (Å²) in [6.07, 6.45) is -0.223. The van der Waals surface area contributed by atoms with Gasteiger partial charge in [-0.2, -0.15) is 0 Å². The van der Waals surface area contributed by atoms with E-state index in [4.69, 9.17) is 4.74 Å². The van der Waals surface area contributed by atoms with Gasteiger partial charge in [-0.15, -0.1) is 6.58 Å². The fourth-order valence-electron chi connectivity index (χ4n) is 6.70. The summed E-state index contributed by atoms with van der Waals surface area (Å²) in [6, 6.07) is 0. The number of ether oxygens (including phenoxy) is 1. The average Bonchev–Trinajstić information content (AvgIpc) is 2.48. The normalized spacial score (nSPS) is 58.1. The minimum absolute atomic E-state index is 0.255. The van der Waals surface area contributed by atoms with Crippen LogP contribution < -0.4 is 0 Å². The zero-order valence-electron chi connectivity index (χ0n) is 16.1. The zero-order valence-corrected chi connectivity index (χ0v) is 16.1. The molecule has 3 aliphatic rings. The van der Waals surface area contributed by atoms with Gasteiger partial charge in [-0.1, -0.05) is 26.8 Å². The van der Waals surface area contributed by atoms with Crippen molar-refractivity contribution in [3.05, 3.63) is 12.7 Å². The highest BCUT2D eigenvalue weighted by atomic mass is 16.5. The van der Waals surface area contributed by atoms with Crippen molar-refractivity contribution < 1.29 is 25.2 Å². The first kappa shape index (κ1) is 19.3. The van der Waals surface area contributed by atoms with Crippen molar-refractivity contribution in [2.75, 3.05) is 0 Å². The number of aliphatic hydroxyl groups is 4. The van der Waals surface area contributed by atoms with Crippen LogP contribution in [-0.4, -0.2) is 56.0 Å². The van der Waals surface area contributed by atoms with Crippen LogP contribution in [0.25, 0.3) is 0 Å². The monoisotopic (exact) mass is 354 g/mol. The Labute approximate surface area is 150 Å². The quantitative estimate of drug-likeness (QED) is 0.537. The lowest BCUT2D eigenvalue weighted by molar-refractivity contribution is -0.352. The number of fused-ring (bicyclic) bond motifs is 3. The number of hydrogen-bond acceptors (Lipinski definition) is 5. The molecule has 0 amide bonds. The van der Waals surface area contributed by atoms with Crippen LogP contribution in [-0.2, 0) is 4.74 Å². The van der Waals surface area contributed by atoms with Crippen LogP contribution in [0.1, 0.15) is 53.9 Å². The highest BCUT2D eigenvalue weighted by molar-refractivity contribution is 5.21. The van der Waals surface area contributed by atoms with E-state index in [1.807, 2.05) is 13.8 Å². The third-order valence-electron chi connectivity index (χ3n) is 7.72. The molecule has 2 saturated carbocycles. The second-order valence-corrected chi connectivity index (χ2v) is 9.87. The summed E-state index contributed by atoms with van der Waals surface area (Å²) in [6.45, 7) is 13.5. The first-order valence-electron chi connectivity index (χ1n) is 9.39. The van der Waals surface area contributed by atoms with Crippen molar-refractivity contribution in [2.24, 2.45) is 22.7 Å². The predicted octanol–water partition coefficient (Wildman–Crippen LogP) is 1.63. The lowest BCUT2D eigenvalue weighted by Crippen LogP contribution is -2.78. The van der Waals surface area contributed by atoms with Gasteiger partial charge >= 0.3 is 0 Å². The molecule has 3 fully saturated rings. The highest BCUT2D eigenvalue weighted by Crippen LogP contribution is 2.65. The Morgan fingerprint density at radius 1 is 1.00 bits per heavy atom. The summed E-state index contributed by atoms with van der Waals surface area (Å²) in [5.74, 6) is -0.811. The van der Waals surface area contributed by atoms with Crippen LogP contribution >= 0.6 is 0 Å². The maximum Gasteiger partial charge on any atom is 0.109 e. The predicted molar refractivity (Wildman–Crippen MR) is 94.8 cm³/mol. The Hall–Kier alpha value is -0.460. The summed E-state index contributed by atoms with van der Waals surface area (Å²) in [5, 5.41) is 44.2. The molecule has 0 unspecified atom stereocenters.